The summed E-state index contributed by atoms with van der Waals surface area (Å²) in [5.41, 5.74) is 6.74. The summed E-state index contributed by atoms with van der Waals surface area (Å²) in [6, 6.07) is 5.35. The molecule has 2 N–H and O–H groups in total. The predicted molar refractivity (Wildman–Crippen MR) is 69.7 cm³/mol. The van der Waals surface area contributed by atoms with Crippen molar-refractivity contribution in [2.75, 3.05) is 0 Å². The minimum atomic E-state index is -0.300. The van der Waals surface area contributed by atoms with E-state index in [9.17, 15) is 4.39 Å². The molecule has 2 nitrogen and oxygen atoms in total. The summed E-state index contributed by atoms with van der Waals surface area (Å²) < 4.78 is 19.5. The maximum atomic E-state index is 13.8. The van der Waals surface area contributed by atoms with Gasteiger partial charge < -0.3 is 10.2 Å². The molecule has 1 aromatic heterocycles. The summed E-state index contributed by atoms with van der Waals surface area (Å²) in [5.74, 6) is 1.32. The summed E-state index contributed by atoms with van der Waals surface area (Å²) in [4.78, 5) is 0. The third-order valence-corrected chi connectivity index (χ3v) is 3.88. The van der Waals surface area contributed by atoms with Crippen LogP contribution in [0.3, 0.4) is 0 Å². The molecule has 0 bridgehead atoms. The molecule has 0 radical (unpaired) electrons. The second-order valence-corrected chi connectivity index (χ2v) is 5.27. The van der Waals surface area contributed by atoms with Crippen LogP contribution in [0.2, 0.25) is 0 Å². The Morgan fingerprint density at radius 3 is 2.72 bits per heavy atom. The van der Waals surface area contributed by atoms with Gasteiger partial charge >= 0.3 is 0 Å². The molecule has 0 aliphatic heterocycles. The number of rotatable bonds is 3. The third kappa shape index (κ3) is 2.15. The zero-order valence-corrected chi connectivity index (χ0v) is 10.4. The zero-order chi connectivity index (χ0) is 12.5. The summed E-state index contributed by atoms with van der Waals surface area (Å²) in [6.45, 7) is 0.357. The highest BCUT2D eigenvalue weighted by atomic mass is 19.1. The zero-order valence-electron chi connectivity index (χ0n) is 10.4. The van der Waals surface area contributed by atoms with E-state index >= 15 is 0 Å². The second kappa shape index (κ2) is 4.73. The third-order valence-electron chi connectivity index (χ3n) is 3.88. The molecule has 0 atom stereocenters. The van der Waals surface area contributed by atoms with Gasteiger partial charge in [0.1, 0.15) is 5.76 Å². The van der Waals surface area contributed by atoms with E-state index in [-0.39, 0.29) is 5.82 Å². The molecular weight excluding hydrogens is 229 g/mol. The normalized spacial score (nSPS) is 16.8. The van der Waals surface area contributed by atoms with Crippen LogP contribution in [0.5, 0.6) is 0 Å². The van der Waals surface area contributed by atoms with Gasteiger partial charge in [0.15, 0.2) is 11.4 Å². The lowest BCUT2D eigenvalue weighted by molar-refractivity contribution is 0.454. The average Bonchev–Trinajstić information content (AvgIpc) is 2.98. The molecule has 1 aromatic carbocycles. The summed E-state index contributed by atoms with van der Waals surface area (Å²) in [5, 5.41) is 0.837. The smallest absolute Gasteiger partial charge is 0.169 e. The molecule has 96 valence electrons. The molecule has 3 heteroatoms. The highest BCUT2D eigenvalue weighted by Gasteiger charge is 2.18. The number of fused-ring (bicyclic) bond motifs is 1. The van der Waals surface area contributed by atoms with Gasteiger partial charge in [0, 0.05) is 18.4 Å². The van der Waals surface area contributed by atoms with E-state index in [4.69, 9.17) is 10.2 Å². The van der Waals surface area contributed by atoms with Crippen LogP contribution in [0.25, 0.3) is 11.0 Å². The van der Waals surface area contributed by atoms with Crippen LogP contribution in [0.15, 0.2) is 22.6 Å². The molecule has 0 unspecified atom stereocenters. The fourth-order valence-electron chi connectivity index (χ4n) is 2.94. The van der Waals surface area contributed by atoms with Gasteiger partial charge in [-0.1, -0.05) is 25.7 Å². The van der Waals surface area contributed by atoms with Gasteiger partial charge in [0.25, 0.3) is 0 Å². The summed E-state index contributed by atoms with van der Waals surface area (Å²) in [7, 11) is 0. The first-order valence-corrected chi connectivity index (χ1v) is 6.67. The molecule has 1 aliphatic carbocycles. The molecule has 1 fully saturated rings. The lowest BCUT2D eigenvalue weighted by Crippen LogP contribution is -1.96. The molecule has 1 heterocycles. The minimum absolute atomic E-state index is 0.300. The largest absolute Gasteiger partial charge is 0.458 e. The maximum Gasteiger partial charge on any atom is 0.169 e. The van der Waals surface area contributed by atoms with Crippen molar-refractivity contribution in [1.29, 1.82) is 0 Å². The minimum Gasteiger partial charge on any atom is -0.458 e. The average molecular weight is 247 g/mol. The van der Waals surface area contributed by atoms with Crippen molar-refractivity contribution >= 4 is 11.0 Å². The highest BCUT2D eigenvalue weighted by molar-refractivity contribution is 5.79. The Labute approximate surface area is 106 Å². The van der Waals surface area contributed by atoms with E-state index in [1.54, 1.807) is 0 Å². The van der Waals surface area contributed by atoms with Crippen molar-refractivity contribution < 1.29 is 8.81 Å². The van der Waals surface area contributed by atoms with Gasteiger partial charge in [-0.05, 0) is 29.7 Å². The van der Waals surface area contributed by atoms with Crippen LogP contribution in [-0.4, -0.2) is 0 Å². The molecule has 1 saturated carbocycles. The summed E-state index contributed by atoms with van der Waals surface area (Å²) in [6.07, 6.45) is 6.11. The van der Waals surface area contributed by atoms with Crippen molar-refractivity contribution in [3.8, 4) is 0 Å². The van der Waals surface area contributed by atoms with E-state index in [1.165, 1.54) is 31.7 Å². The van der Waals surface area contributed by atoms with Gasteiger partial charge in [-0.3, -0.25) is 0 Å². The molecular formula is C15H18FNO. The molecule has 18 heavy (non-hydrogen) atoms. The Morgan fingerprint density at radius 1 is 1.22 bits per heavy atom. The van der Waals surface area contributed by atoms with Crippen LogP contribution < -0.4 is 5.73 Å². The van der Waals surface area contributed by atoms with Crippen molar-refractivity contribution in [3.05, 3.63) is 35.3 Å². The predicted octanol–water partition coefficient (Wildman–Crippen LogP) is 3.76. The first kappa shape index (κ1) is 11.7. The molecule has 1 aliphatic rings. The SMILES string of the molecule is NCc1cc(F)c2oc(CC3CCCC3)cc2c1. The number of halogens is 1. The first-order chi connectivity index (χ1) is 8.76. The van der Waals surface area contributed by atoms with Gasteiger partial charge in [-0.2, -0.15) is 0 Å². The van der Waals surface area contributed by atoms with E-state index in [0.29, 0.717) is 18.0 Å². The van der Waals surface area contributed by atoms with Crippen LogP contribution in [0.4, 0.5) is 4.39 Å². The second-order valence-electron chi connectivity index (χ2n) is 5.27. The number of nitrogens with two attached hydrogens (primary N) is 1. The Balaban J connectivity index is 1.92. The van der Waals surface area contributed by atoms with Crippen molar-refractivity contribution in [2.24, 2.45) is 11.7 Å². The molecule has 3 rings (SSSR count). The topological polar surface area (TPSA) is 39.2 Å². The monoisotopic (exact) mass is 247 g/mol. The lowest BCUT2D eigenvalue weighted by atomic mass is 10.0. The fraction of sp³-hybridized carbons (Fsp3) is 0.467. The number of hydrogen-bond acceptors (Lipinski definition) is 2. The number of hydrogen-bond donors (Lipinski definition) is 1. The summed E-state index contributed by atoms with van der Waals surface area (Å²) >= 11 is 0. The van der Waals surface area contributed by atoms with Crippen molar-refractivity contribution in [2.45, 2.75) is 38.6 Å². The fourth-order valence-corrected chi connectivity index (χ4v) is 2.94. The lowest BCUT2D eigenvalue weighted by Gasteiger charge is -2.04. The van der Waals surface area contributed by atoms with Gasteiger partial charge in [-0.25, -0.2) is 4.39 Å². The maximum absolute atomic E-state index is 13.8. The van der Waals surface area contributed by atoms with Crippen LogP contribution >= 0.6 is 0 Å². The van der Waals surface area contributed by atoms with Crippen LogP contribution in [0.1, 0.15) is 37.0 Å². The van der Waals surface area contributed by atoms with Crippen LogP contribution in [0, 0.1) is 11.7 Å². The van der Waals surface area contributed by atoms with E-state index in [0.717, 1.165) is 23.1 Å². The standard InChI is InChI=1S/C15H18FNO/c16-14-7-11(9-17)5-12-8-13(18-15(12)14)6-10-3-1-2-4-10/h5,7-8,10H,1-4,6,9,17H2. The Morgan fingerprint density at radius 2 is 2.00 bits per heavy atom. The van der Waals surface area contributed by atoms with Gasteiger partial charge in [-0.15, -0.1) is 0 Å². The molecule has 0 saturated heterocycles. The van der Waals surface area contributed by atoms with E-state index in [1.807, 2.05) is 12.1 Å². The Bertz CT molecular complexity index is 555. The van der Waals surface area contributed by atoms with Gasteiger partial charge in [0.2, 0.25) is 0 Å². The molecule has 0 spiro atoms. The van der Waals surface area contributed by atoms with Crippen molar-refractivity contribution in [3.63, 3.8) is 0 Å². The Hall–Kier alpha value is -1.35. The Kier molecular flexibility index (Phi) is 3.08. The highest BCUT2D eigenvalue weighted by Crippen LogP contribution is 2.31. The number of furan rings is 1. The number of benzene rings is 1. The molecule has 2 aromatic rings. The van der Waals surface area contributed by atoms with Crippen LogP contribution in [-0.2, 0) is 13.0 Å². The van der Waals surface area contributed by atoms with Crippen molar-refractivity contribution in [1.82, 2.24) is 0 Å². The van der Waals surface area contributed by atoms with E-state index in [2.05, 4.69) is 0 Å². The molecule has 0 amide bonds. The van der Waals surface area contributed by atoms with Gasteiger partial charge in [0.05, 0.1) is 0 Å². The van der Waals surface area contributed by atoms with E-state index < -0.39 is 0 Å². The quantitative estimate of drug-likeness (QED) is 0.896. The first-order valence-electron chi connectivity index (χ1n) is 6.67.